The van der Waals surface area contributed by atoms with Gasteiger partial charge in [-0.1, -0.05) is 79.7 Å². The third kappa shape index (κ3) is 8.20. The molecule has 0 aliphatic carbocycles. The molecule has 1 amide bonds. The van der Waals surface area contributed by atoms with Gasteiger partial charge >= 0.3 is 5.97 Å². The van der Waals surface area contributed by atoms with Crippen LogP contribution in [0.2, 0.25) is 0 Å². The number of ether oxygens (including phenoxy) is 3. The van der Waals surface area contributed by atoms with Gasteiger partial charge in [0.15, 0.2) is 12.4 Å². The van der Waals surface area contributed by atoms with Gasteiger partial charge in [0.1, 0.15) is 0 Å². The number of aliphatic hydroxyl groups is 2. The van der Waals surface area contributed by atoms with E-state index in [1.54, 1.807) is 18.7 Å². The number of hydrogen-bond donors (Lipinski definition) is 3. The number of carbonyl (C=O) groups excluding carboxylic acids is 2. The SMILES string of the molecule is CC(=O)OC(C)C(=O)NCc1ccccc1-c1ccc(C2OC(CSCCO)C(C)C(c3ccc(CO)cc3)O2)cc1. The first kappa shape index (κ1) is 31.7. The first-order valence-corrected chi connectivity index (χ1v) is 15.3. The van der Waals surface area contributed by atoms with Crippen molar-refractivity contribution in [3.8, 4) is 11.1 Å². The number of hydrogen-bond acceptors (Lipinski definition) is 8. The normalized spacial score (nSPS) is 21.0. The average molecular weight is 594 g/mol. The Morgan fingerprint density at radius 2 is 1.67 bits per heavy atom. The molecule has 3 N–H and O–H groups in total. The maximum absolute atomic E-state index is 12.4. The van der Waals surface area contributed by atoms with Gasteiger partial charge in [0, 0.05) is 36.5 Å². The molecule has 1 saturated heterocycles. The Hall–Kier alpha value is -3.21. The summed E-state index contributed by atoms with van der Waals surface area (Å²) in [4.78, 5) is 23.6. The molecule has 0 spiro atoms. The Morgan fingerprint density at radius 1 is 0.976 bits per heavy atom. The lowest BCUT2D eigenvalue weighted by atomic mass is 9.91. The number of aliphatic hydroxyl groups excluding tert-OH is 2. The molecule has 9 heteroatoms. The number of carbonyl (C=O) groups is 2. The molecule has 4 rings (SSSR count). The van der Waals surface area contributed by atoms with E-state index >= 15 is 0 Å². The van der Waals surface area contributed by atoms with Crippen LogP contribution < -0.4 is 5.32 Å². The van der Waals surface area contributed by atoms with Crippen LogP contribution in [0, 0.1) is 5.92 Å². The van der Waals surface area contributed by atoms with Gasteiger partial charge in [-0.25, -0.2) is 0 Å². The maximum atomic E-state index is 12.4. The lowest BCUT2D eigenvalue weighted by Crippen LogP contribution is -2.38. The van der Waals surface area contributed by atoms with Crippen LogP contribution in [-0.4, -0.2) is 52.4 Å². The van der Waals surface area contributed by atoms with Gasteiger partial charge in [0.05, 0.1) is 25.4 Å². The van der Waals surface area contributed by atoms with E-state index in [1.807, 2.05) is 72.8 Å². The molecule has 0 saturated carbocycles. The van der Waals surface area contributed by atoms with Crippen molar-refractivity contribution in [1.82, 2.24) is 5.32 Å². The maximum Gasteiger partial charge on any atom is 0.303 e. The lowest BCUT2D eigenvalue weighted by molar-refractivity contribution is -0.268. The molecular formula is C33H39NO7S. The van der Waals surface area contributed by atoms with Crippen LogP contribution >= 0.6 is 11.8 Å². The lowest BCUT2D eigenvalue weighted by Gasteiger charge is -2.41. The van der Waals surface area contributed by atoms with E-state index in [2.05, 4.69) is 12.2 Å². The highest BCUT2D eigenvalue weighted by Crippen LogP contribution is 2.42. The Balaban J connectivity index is 1.52. The van der Waals surface area contributed by atoms with Crippen molar-refractivity contribution < 1.29 is 34.0 Å². The molecule has 1 heterocycles. The number of thioether (sulfide) groups is 1. The summed E-state index contributed by atoms with van der Waals surface area (Å²) in [6.45, 7) is 5.34. The van der Waals surface area contributed by atoms with Crippen LogP contribution in [0.1, 0.15) is 55.4 Å². The first-order valence-electron chi connectivity index (χ1n) is 14.1. The topological polar surface area (TPSA) is 114 Å². The molecule has 0 aromatic heterocycles. The van der Waals surface area contributed by atoms with Crippen LogP contribution in [0.5, 0.6) is 0 Å². The number of rotatable bonds is 12. The minimum absolute atomic E-state index is 0.0111. The van der Waals surface area contributed by atoms with Crippen molar-refractivity contribution in [3.63, 3.8) is 0 Å². The Bertz CT molecular complexity index is 1310. The van der Waals surface area contributed by atoms with Crippen molar-refractivity contribution in [3.05, 3.63) is 95.1 Å². The molecule has 0 radical (unpaired) electrons. The van der Waals surface area contributed by atoms with E-state index in [0.29, 0.717) is 12.3 Å². The number of esters is 1. The number of amides is 1. The quantitative estimate of drug-likeness (QED) is 0.200. The van der Waals surface area contributed by atoms with Crippen molar-refractivity contribution in [2.75, 3.05) is 18.1 Å². The minimum atomic E-state index is -0.866. The fourth-order valence-electron chi connectivity index (χ4n) is 4.98. The molecule has 1 aliphatic rings. The van der Waals surface area contributed by atoms with Crippen molar-refractivity contribution in [2.24, 2.45) is 5.92 Å². The molecule has 5 atom stereocenters. The third-order valence-electron chi connectivity index (χ3n) is 7.32. The van der Waals surface area contributed by atoms with Gasteiger partial charge in [-0.3, -0.25) is 9.59 Å². The van der Waals surface area contributed by atoms with Gasteiger partial charge in [-0.05, 0) is 34.7 Å². The second-order valence-corrected chi connectivity index (χ2v) is 11.5. The molecule has 5 unspecified atom stereocenters. The van der Waals surface area contributed by atoms with Gasteiger partial charge in [0.25, 0.3) is 5.91 Å². The standard InChI is InChI=1S/C33H39NO7S/c1-21-30(20-42-17-16-35)40-33(41-31(21)26-10-8-24(19-36)9-11-26)27-14-12-25(13-15-27)29-7-5-4-6-28(29)18-34-32(38)22(2)39-23(3)37/h4-15,21-22,30-31,33,35-36H,16-20H2,1-3H3,(H,34,38). The highest BCUT2D eigenvalue weighted by atomic mass is 32.2. The zero-order chi connectivity index (χ0) is 30.1. The highest BCUT2D eigenvalue weighted by Gasteiger charge is 2.38. The van der Waals surface area contributed by atoms with Gasteiger partial charge in [-0.2, -0.15) is 11.8 Å². The van der Waals surface area contributed by atoms with Crippen molar-refractivity contribution in [1.29, 1.82) is 0 Å². The molecule has 224 valence electrons. The zero-order valence-electron chi connectivity index (χ0n) is 24.2. The molecule has 1 aliphatic heterocycles. The Morgan fingerprint density at radius 3 is 2.33 bits per heavy atom. The molecule has 3 aromatic rings. The van der Waals surface area contributed by atoms with Crippen LogP contribution in [0.3, 0.4) is 0 Å². The first-order chi connectivity index (χ1) is 20.3. The van der Waals surface area contributed by atoms with E-state index in [9.17, 15) is 19.8 Å². The number of benzene rings is 3. The summed E-state index contributed by atoms with van der Waals surface area (Å²) in [5, 5.41) is 21.6. The zero-order valence-corrected chi connectivity index (χ0v) is 25.0. The highest BCUT2D eigenvalue weighted by molar-refractivity contribution is 7.99. The van der Waals surface area contributed by atoms with Crippen LogP contribution in [0.25, 0.3) is 11.1 Å². The summed E-state index contributed by atoms with van der Waals surface area (Å²) < 4.78 is 18.0. The minimum Gasteiger partial charge on any atom is -0.453 e. The van der Waals surface area contributed by atoms with E-state index in [4.69, 9.17) is 14.2 Å². The molecule has 42 heavy (non-hydrogen) atoms. The second kappa shape index (κ2) is 15.3. The summed E-state index contributed by atoms with van der Waals surface area (Å²) in [6.07, 6.45) is -1.72. The Labute approximate surface area is 251 Å². The molecule has 3 aromatic carbocycles. The predicted molar refractivity (Wildman–Crippen MR) is 162 cm³/mol. The fourth-order valence-corrected chi connectivity index (χ4v) is 5.89. The molecule has 0 bridgehead atoms. The fraction of sp³-hybridized carbons (Fsp3) is 0.394. The molecule has 8 nitrogen and oxygen atoms in total. The van der Waals surface area contributed by atoms with Gasteiger partial charge in [-0.15, -0.1) is 0 Å². The summed E-state index contributed by atoms with van der Waals surface area (Å²) in [5.74, 6) is 0.603. The van der Waals surface area contributed by atoms with Gasteiger partial charge < -0.3 is 29.7 Å². The van der Waals surface area contributed by atoms with E-state index in [0.717, 1.165) is 39.1 Å². The van der Waals surface area contributed by atoms with Crippen LogP contribution in [0.4, 0.5) is 0 Å². The summed E-state index contributed by atoms with van der Waals surface area (Å²) in [6, 6.07) is 23.7. The summed E-state index contributed by atoms with van der Waals surface area (Å²) in [7, 11) is 0. The monoisotopic (exact) mass is 593 g/mol. The average Bonchev–Trinajstić information content (AvgIpc) is 3.00. The van der Waals surface area contributed by atoms with Crippen LogP contribution in [-0.2, 0) is 37.0 Å². The third-order valence-corrected chi connectivity index (χ3v) is 8.35. The van der Waals surface area contributed by atoms with Crippen molar-refractivity contribution in [2.45, 2.75) is 58.5 Å². The number of nitrogens with one attached hydrogen (secondary N) is 1. The van der Waals surface area contributed by atoms with Gasteiger partial charge in [0.2, 0.25) is 0 Å². The summed E-state index contributed by atoms with van der Waals surface area (Å²) >= 11 is 1.66. The van der Waals surface area contributed by atoms with E-state index in [-0.39, 0.29) is 37.2 Å². The second-order valence-electron chi connectivity index (χ2n) is 10.4. The van der Waals surface area contributed by atoms with Crippen molar-refractivity contribution >= 4 is 23.6 Å². The van der Waals surface area contributed by atoms with Crippen LogP contribution in [0.15, 0.2) is 72.8 Å². The molecular weight excluding hydrogens is 554 g/mol. The Kier molecular flexibility index (Phi) is 11.6. The smallest absolute Gasteiger partial charge is 0.303 e. The van der Waals surface area contributed by atoms with E-state index in [1.165, 1.54) is 6.92 Å². The van der Waals surface area contributed by atoms with E-state index < -0.39 is 18.4 Å². The predicted octanol–water partition coefficient (Wildman–Crippen LogP) is 4.93. The largest absolute Gasteiger partial charge is 0.453 e. The summed E-state index contributed by atoms with van der Waals surface area (Å²) in [5.41, 5.74) is 5.65. The molecule has 1 fully saturated rings.